The zero-order chi connectivity index (χ0) is 13.2. The summed E-state index contributed by atoms with van der Waals surface area (Å²) in [6.07, 6.45) is 6.34. The smallest absolute Gasteiger partial charge is 0.311 e. The topological polar surface area (TPSA) is 71.3 Å². The summed E-state index contributed by atoms with van der Waals surface area (Å²) in [6.45, 7) is 2.25. The number of nitro groups is 1. The van der Waals surface area contributed by atoms with E-state index in [1.54, 1.807) is 12.3 Å². The van der Waals surface area contributed by atoms with Gasteiger partial charge in [0.05, 0.1) is 4.92 Å². The molecular weight excluding hydrogens is 244 g/mol. The van der Waals surface area contributed by atoms with Gasteiger partial charge in [-0.15, -0.1) is 0 Å². The van der Waals surface area contributed by atoms with Gasteiger partial charge in [0.1, 0.15) is 0 Å². The summed E-state index contributed by atoms with van der Waals surface area (Å²) >= 11 is 0. The lowest BCUT2D eigenvalue weighted by Crippen LogP contribution is -2.41. The molecule has 2 aliphatic heterocycles. The van der Waals surface area contributed by atoms with Crippen LogP contribution in [-0.4, -0.2) is 40.0 Å². The summed E-state index contributed by atoms with van der Waals surface area (Å²) in [6, 6.07) is 3.90. The molecule has 1 aromatic rings. The van der Waals surface area contributed by atoms with Gasteiger partial charge in [0.2, 0.25) is 5.82 Å². The Labute approximate surface area is 112 Å². The molecule has 19 heavy (non-hydrogen) atoms. The molecule has 0 amide bonds. The maximum Gasteiger partial charge on any atom is 0.311 e. The average Bonchev–Trinajstić information content (AvgIpc) is 2.83. The van der Waals surface area contributed by atoms with Crippen molar-refractivity contribution in [3.8, 4) is 0 Å². The Bertz CT molecular complexity index is 479. The zero-order valence-electron chi connectivity index (χ0n) is 10.8. The molecule has 0 saturated carbocycles. The summed E-state index contributed by atoms with van der Waals surface area (Å²) < 4.78 is 0. The van der Waals surface area contributed by atoms with Crippen LogP contribution in [0.5, 0.6) is 0 Å². The number of aromatic nitrogens is 1. The van der Waals surface area contributed by atoms with Crippen LogP contribution in [0.1, 0.15) is 25.7 Å². The SMILES string of the molecule is O=[N+]([O-])c1cccnc1N[C@@H]1CCN2CCCC[C@H]12. The second-order valence-electron chi connectivity index (χ2n) is 5.27. The maximum atomic E-state index is 11.0. The van der Waals surface area contributed by atoms with Gasteiger partial charge in [-0.05, 0) is 31.9 Å². The van der Waals surface area contributed by atoms with Crippen molar-refractivity contribution in [3.05, 3.63) is 28.4 Å². The predicted octanol–water partition coefficient (Wildman–Crippen LogP) is 2.03. The van der Waals surface area contributed by atoms with Crippen LogP contribution in [0.3, 0.4) is 0 Å². The van der Waals surface area contributed by atoms with E-state index < -0.39 is 0 Å². The van der Waals surface area contributed by atoms with Gasteiger partial charge in [-0.3, -0.25) is 15.0 Å². The van der Waals surface area contributed by atoms with Gasteiger partial charge < -0.3 is 5.32 Å². The molecule has 0 spiro atoms. The number of anilines is 1. The number of piperidine rings is 1. The zero-order valence-corrected chi connectivity index (χ0v) is 10.8. The van der Waals surface area contributed by atoms with E-state index in [-0.39, 0.29) is 16.7 Å². The molecule has 6 nitrogen and oxygen atoms in total. The lowest BCUT2D eigenvalue weighted by atomic mass is 9.99. The molecule has 0 unspecified atom stereocenters. The van der Waals surface area contributed by atoms with Gasteiger partial charge in [0, 0.05) is 30.9 Å². The van der Waals surface area contributed by atoms with Crippen molar-refractivity contribution >= 4 is 11.5 Å². The van der Waals surface area contributed by atoms with Crippen LogP contribution in [0, 0.1) is 10.1 Å². The van der Waals surface area contributed by atoms with E-state index >= 15 is 0 Å². The van der Waals surface area contributed by atoms with E-state index in [4.69, 9.17) is 0 Å². The summed E-state index contributed by atoms with van der Waals surface area (Å²) in [5.41, 5.74) is 0.0664. The number of fused-ring (bicyclic) bond motifs is 1. The molecule has 6 heteroatoms. The minimum Gasteiger partial charge on any atom is -0.360 e. The fourth-order valence-electron chi connectivity index (χ4n) is 3.25. The van der Waals surface area contributed by atoms with E-state index in [0.29, 0.717) is 11.9 Å². The minimum atomic E-state index is -0.372. The Hall–Kier alpha value is -1.69. The van der Waals surface area contributed by atoms with E-state index in [1.807, 2.05) is 0 Å². The molecule has 0 aliphatic carbocycles. The Morgan fingerprint density at radius 1 is 1.37 bits per heavy atom. The first kappa shape index (κ1) is 12.3. The number of hydrogen-bond donors (Lipinski definition) is 1. The van der Waals surface area contributed by atoms with Crippen LogP contribution in [0.15, 0.2) is 18.3 Å². The standard InChI is InChI=1S/C13H18N4O2/c18-17(19)12-5-3-7-14-13(12)15-10-6-9-16-8-2-1-4-11(10)16/h3,5,7,10-11H,1-2,4,6,8-9H2,(H,14,15)/t10-,11-/m1/s1. The van der Waals surface area contributed by atoms with Crippen molar-refractivity contribution in [2.24, 2.45) is 0 Å². The van der Waals surface area contributed by atoms with Gasteiger partial charge in [-0.1, -0.05) is 6.42 Å². The fourth-order valence-corrected chi connectivity index (χ4v) is 3.25. The monoisotopic (exact) mass is 262 g/mol. The van der Waals surface area contributed by atoms with Gasteiger partial charge >= 0.3 is 5.69 Å². The second kappa shape index (κ2) is 5.13. The molecule has 3 heterocycles. The first-order valence-corrected chi connectivity index (χ1v) is 6.86. The molecule has 2 atom stereocenters. The van der Waals surface area contributed by atoms with Crippen molar-refractivity contribution in [3.63, 3.8) is 0 Å². The lowest BCUT2D eigenvalue weighted by molar-refractivity contribution is -0.384. The van der Waals surface area contributed by atoms with E-state index in [2.05, 4.69) is 15.2 Å². The summed E-state index contributed by atoms with van der Waals surface area (Å²) in [7, 11) is 0. The Kier molecular flexibility index (Phi) is 3.33. The minimum absolute atomic E-state index is 0.0664. The van der Waals surface area contributed by atoms with E-state index in [9.17, 15) is 10.1 Å². The number of nitrogens with one attached hydrogen (secondary N) is 1. The number of rotatable bonds is 3. The molecule has 0 bridgehead atoms. The summed E-state index contributed by atoms with van der Waals surface area (Å²) in [5, 5.41) is 14.3. The second-order valence-corrected chi connectivity index (χ2v) is 5.27. The van der Waals surface area contributed by atoms with Gasteiger partial charge in [0.25, 0.3) is 0 Å². The van der Waals surface area contributed by atoms with Crippen molar-refractivity contribution in [1.29, 1.82) is 0 Å². The normalized spacial score (nSPS) is 26.9. The molecule has 102 valence electrons. The summed E-state index contributed by atoms with van der Waals surface area (Å²) in [5.74, 6) is 0.407. The van der Waals surface area contributed by atoms with E-state index in [1.165, 1.54) is 25.3 Å². The maximum absolute atomic E-state index is 11.0. The third-order valence-corrected chi connectivity index (χ3v) is 4.16. The highest BCUT2D eigenvalue weighted by Crippen LogP contribution is 2.31. The van der Waals surface area contributed by atoms with Crippen LogP contribution in [0.25, 0.3) is 0 Å². The third-order valence-electron chi connectivity index (χ3n) is 4.16. The highest BCUT2D eigenvalue weighted by molar-refractivity contribution is 5.56. The van der Waals surface area contributed by atoms with Gasteiger partial charge in [0.15, 0.2) is 0 Å². The number of nitrogens with zero attached hydrogens (tertiary/aromatic N) is 3. The highest BCUT2D eigenvalue weighted by atomic mass is 16.6. The number of pyridine rings is 1. The largest absolute Gasteiger partial charge is 0.360 e. The lowest BCUT2D eigenvalue weighted by Gasteiger charge is -2.32. The van der Waals surface area contributed by atoms with Crippen molar-refractivity contribution in [2.75, 3.05) is 18.4 Å². The molecular formula is C13H18N4O2. The Balaban J connectivity index is 1.76. The Morgan fingerprint density at radius 2 is 2.26 bits per heavy atom. The molecule has 1 N–H and O–H groups in total. The van der Waals surface area contributed by atoms with Gasteiger partial charge in [-0.25, -0.2) is 4.98 Å². The summed E-state index contributed by atoms with van der Waals surface area (Å²) in [4.78, 5) is 17.2. The number of hydrogen-bond acceptors (Lipinski definition) is 5. The molecule has 0 radical (unpaired) electrons. The van der Waals surface area contributed by atoms with Gasteiger partial charge in [-0.2, -0.15) is 0 Å². The first-order chi connectivity index (χ1) is 9.25. The average molecular weight is 262 g/mol. The van der Waals surface area contributed by atoms with Crippen molar-refractivity contribution in [1.82, 2.24) is 9.88 Å². The molecule has 0 aromatic carbocycles. The van der Waals surface area contributed by atoms with Crippen molar-refractivity contribution in [2.45, 2.75) is 37.8 Å². The third kappa shape index (κ3) is 2.40. The quantitative estimate of drug-likeness (QED) is 0.666. The molecule has 2 aliphatic rings. The molecule has 2 fully saturated rings. The van der Waals surface area contributed by atoms with Crippen LogP contribution in [0.4, 0.5) is 11.5 Å². The highest BCUT2D eigenvalue weighted by Gasteiger charge is 2.36. The van der Waals surface area contributed by atoms with Crippen LogP contribution in [-0.2, 0) is 0 Å². The van der Waals surface area contributed by atoms with Crippen molar-refractivity contribution < 1.29 is 4.92 Å². The van der Waals surface area contributed by atoms with Crippen LogP contribution in [0.2, 0.25) is 0 Å². The van der Waals surface area contributed by atoms with Crippen LogP contribution < -0.4 is 5.32 Å². The first-order valence-electron chi connectivity index (χ1n) is 6.86. The Morgan fingerprint density at radius 3 is 3.11 bits per heavy atom. The molecule has 1 aromatic heterocycles. The predicted molar refractivity (Wildman–Crippen MR) is 72.1 cm³/mol. The van der Waals surface area contributed by atoms with Crippen LogP contribution >= 0.6 is 0 Å². The fraction of sp³-hybridized carbons (Fsp3) is 0.615. The van der Waals surface area contributed by atoms with E-state index in [0.717, 1.165) is 19.5 Å². The molecule has 2 saturated heterocycles. The molecule has 3 rings (SSSR count).